The second-order valence-electron chi connectivity index (χ2n) is 3.27. The molecular formula is C7H11N3O6. The van der Waals surface area contributed by atoms with Crippen LogP contribution in [0.1, 0.15) is 0 Å². The van der Waals surface area contributed by atoms with E-state index in [4.69, 9.17) is 11.1 Å². The number of aliphatic hydroxyl groups excluding tert-OH is 4. The van der Waals surface area contributed by atoms with Crippen molar-refractivity contribution >= 4 is 17.8 Å². The number of imide groups is 1. The third kappa shape index (κ3) is 1.76. The molecule has 0 bridgehead atoms. The summed E-state index contributed by atoms with van der Waals surface area (Å²) in [6, 6.07) is 0. The van der Waals surface area contributed by atoms with E-state index in [1.807, 2.05) is 0 Å². The zero-order chi connectivity index (χ0) is 12.6. The van der Waals surface area contributed by atoms with Crippen molar-refractivity contribution in [1.82, 2.24) is 4.90 Å². The molecule has 1 heterocycles. The van der Waals surface area contributed by atoms with E-state index in [2.05, 4.69) is 0 Å². The predicted molar refractivity (Wildman–Crippen MR) is 47.8 cm³/mol. The minimum Gasteiger partial charge on any atom is -0.387 e. The van der Waals surface area contributed by atoms with Crippen LogP contribution in [0.2, 0.25) is 0 Å². The molecule has 1 aliphatic heterocycles. The number of hydrogen-bond donors (Lipinski definition) is 6. The largest absolute Gasteiger partial charge is 0.387 e. The van der Waals surface area contributed by atoms with Crippen molar-refractivity contribution in [3.8, 4) is 0 Å². The highest BCUT2D eigenvalue weighted by Crippen LogP contribution is 2.15. The molecular weight excluding hydrogens is 222 g/mol. The Bertz CT molecular complexity index is 319. The summed E-state index contributed by atoms with van der Waals surface area (Å²) in [4.78, 5) is 22.7. The number of guanidine groups is 1. The third-order valence-corrected chi connectivity index (χ3v) is 2.18. The van der Waals surface area contributed by atoms with E-state index in [0.29, 0.717) is 0 Å². The zero-order valence-electron chi connectivity index (χ0n) is 7.94. The Balaban J connectivity index is 3.19. The fraction of sp³-hybridized carbons (Fsp3) is 0.571. The van der Waals surface area contributed by atoms with Gasteiger partial charge >= 0.3 is 0 Å². The van der Waals surface area contributed by atoms with Crippen LogP contribution in [0.4, 0.5) is 0 Å². The first-order chi connectivity index (χ1) is 7.29. The van der Waals surface area contributed by atoms with Gasteiger partial charge in [-0.05, 0) is 0 Å². The standard InChI is InChI=1S/C7H11N3O6/c8-7(9)10-5(15)3(13)1(11)2(12)4(14)6(10)16/h1-4,11-14H,(H3,8,9). The number of hydrogen-bond acceptors (Lipinski definition) is 7. The number of nitrogens with two attached hydrogens (primary N) is 1. The number of nitrogens with one attached hydrogen (secondary N) is 1. The predicted octanol–water partition coefficient (Wildman–Crippen LogP) is -4.31. The normalized spacial score (nSPS) is 36.1. The molecule has 0 aromatic rings. The number of rotatable bonds is 0. The molecule has 0 radical (unpaired) electrons. The number of nitrogens with zero attached hydrogens (tertiary/aromatic N) is 1. The zero-order valence-corrected chi connectivity index (χ0v) is 7.94. The third-order valence-electron chi connectivity index (χ3n) is 2.18. The highest BCUT2D eigenvalue weighted by Gasteiger charge is 2.47. The lowest BCUT2D eigenvalue weighted by molar-refractivity contribution is -0.148. The van der Waals surface area contributed by atoms with E-state index < -0.39 is 42.2 Å². The lowest BCUT2D eigenvalue weighted by atomic mass is 10.1. The van der Waals surface area contributed by atoms with E-state index in [9.17, 15) is 30.0 Å². The topological polar surface area (TPSA) is 168 Å². The Hall–Kier alpha value is -1.55. The van der Waals surface area contributed by atoms with Crippen LogP contribution in [0.15, 0.2) is 0 Å². The maximum Gasteiger partial charge on any atom is 0.267 e. The first-order valence-corrected chi connectivity index (χ1v) is 4.23. The number of aliphatic hydroxyl groups is 4. The molecule has 9 nitrogen and oxygen atoms in total. The van der Waals surface area contributed by atoms with Crippen molar-refractivity contribution in [2.45, 2.75) is 24.4 Å². The lowest BCUT2D eigenvalue weighted by Gasteiger charge is -2.19. The van der Waals surface area contributed by atoms with E-state index in [1.54, 1.807) is 0 Å². The van der Waals surface area contributed by atoms with Crippen molar-refractivity contribution in [3.05, 3.63) is 0 Å². The lowest BCUT2D eigenvalue weighted by Crippen LogP contribution is -2.51. The minimum absolute atomic E-state index is 0.00519. The smallest absolute Gasteiger partial charge is 0.267 e. The molecule has 0 saturated carbocycles. The van der Waals surface area contributed by atoms with Gasteiger partial charge in [0.25, 0.3) is 11.8 Å². The first-order valence-electron chi connectivity index (χ1n) is 4.23. The van der Waals surface area contributed by atoms with Crippen LogP contribution in [-0.4, -0.2) is 67.5 Å². The summed E-state index contributed by atoms with van der Waals surface area (Å²) < 4.78 is 0. The molecule has 0 aromatic heterocycles. The minimum atomic E-state index is -2.14. The van der Waals surface area contributed by atoms with Gasteiger partial charge in [-0.1, -0.05) is 0 Å². The Morgan fingerprint density at radius 2 is 1.38 bits per heavy atom. The van der Waals surface area contributed by atoms with Gasteiger partial charge in [-0.3, -0.25) is 15.0 Å². The van der Waals surface area contributed by atoms with E-state index >= 15 is 0 Å². The van der Waals surface area contributed by atoms with Crippen molar-refractivity contribution in [1.29, 1.82) is 5.41 Å². The van der Waals surface area contributed by atoms with Crippen LogP contribution < -0.4 is 5.73 Å². The van der Waals surface area contributed by atoms with Gasteiger partial charge in [-0.25, -0.2) is 4.90 Å². The van der Waals surface area contributed by atoms with Crippen molar-refractivity contribution in [2.75, 3.05) is 0 Å². The average molecular weight is 233 g/mol. The maximum atomic E-state index is 11.4. The Kier molecular flexibility index (Phi) is 3.24. The molecule has 1 aliphatic rings. The van der Waals surface area contributed by atoms with Gasteiger partial charge in [0.05, 0.1) is 0 Å². The van der Waals surface area contributed by atoms with Crippen LogP contribution in [0.3, 0.4) is 0 Å². The molecule has 7 N–H and O–H groups in total. The molecule has 90 valence electrons. The molecule has 0 aromatic carbocycles. The van der Waals surface area contributed by atoms with Crippen LogP contribution >= 0.6 is 0 Å². The van der Waals surface area contributed by atoms with Gasteiger partial charge in [-0.2, -0.15) is 0 Å². The fourth-order valence-corrected chi connectivity index (χ4v) is 1.28. The van der Waals surface area contributed by atoms with E-state index in [0.717, 1.165) is 0 Å². The molecule has 4 unspecified atom stereocenters. The van der Waals surface area contributed by atoms with E-state index in [-0.39, 0.29) is 4.90 Å². The molecule has 1 rings (SSSR count). The Morgan fingerprint density at radius 3 is 1.62 bits per heavy atom. The SMILES string of the molecule is N=C(N)N1C(=O)C(O)C(O)C(O)C(O)C1=O. The molecule has 1 fully saturated rings. The summed E-state index contributed by atoms with van der Waals surface area (Å²) >= 11 is 0. The summed E-state index contributed by atoms with van der Waals surface area (Å²) in [6.07, 6.45) is -8.34. The van der Waals surface area contributed by atoms with Crippen molar-refractivity contribution < 1.29 is 30.0 Å². The quantitative estimate of drug-likeness (QED) is 0.140. The molecule has 4 atom stereocenters. The van der Waals surface area contributed by atoms with Crippen molar-refractivity contribution in [3.63, 3.8) is 0 Å². The van der Waals surface area contributed by atoms with Gasteiger partial charge in [0.2, 0.25) is 5.96 Å². The number of likely N-dealkylation sites (tertiary alicyclic amines) is 1. The monoisotopic (exact) mass is 233 g/mol. The van der Waals surface area contributed by atoms with Gasteiger partial charge in [0.1, 0.15) is 12.2 Å². The summed E-state index contributed by atoms with van der Waals surface area (Å²) in [5.41, 5.74) is 4.91. The molecule has 16 heavy (non-hydrogen) atoms. The highest BCUT2D eigenvalue weighted by molar-refractivity contribution is 6.13. The fourth-order valence-electron chi connectivity index (χ4n) is 1.28. The Labute approximate surface area is 89.2 Å². The number of carbonyl (C=O) groups is 2. The summed E-state index contributed by atoms with van der Waals surface area (Å²) in [6.45, 7) is 0. The van der Waals surface area contributed by atoms with Gasteiger partial charge in [-0.15, -0.1) is 0 Å². The average Bonchev–Trinajstić information content (AvgIpc) is 2.27. The Morgan fingerprint density at radius 1 is 1.06 bits per heavy atom. The van der Waals surface area contributed by atoms with Crippen LogP contribution in [0.25, 0.3) is 0 Å². The number of carbonyl (C=O) groups excluding carboxylic acids is 2. The first kappa shape index (κ1) is 12.5. The molecule has 2 amide bonds. The molecule has 0 spiro atoms. The van der Waals surface area contributed by atoms with Crippen LogP contribution in [0.5, 0.6) is 0 Å². The van der Waals surface area contributed by atoms with Crippen LogP contribution in [0, 0.1) is 5.41 Å². The number of amides is 2. The van der Waals surface area contributed by atoms with Crippen molar-refractivity contribution in [2.24, 2.45) is 5.73 Å². The summed E-state index contributed by atoms with van der Waals surface area (Å²) in [5.74, 6) is -3.77. The molecule has 0 aliphatic carbocycles. The van der Waals surface area contributed by atoms with Crippen LogP contribution in [-0.2, 0) is 9.59 Å². The maximum absolute atomic E-state index is 11.4. The van der Waals surface area contributed by atoms with Gasteiger partial charge in [0.15, 0.2) is 12.2 Å². The second kappa shape index (κ2) is 4.14. The molecule has 1 saturated heterocycles. The van der Waals surface area contributed by atoms with Gasteiger partial charge in [0, 0.05) is 0 Å². The molecule has 9 heteroatoms. The summed E-state index contributed by atoms with van der Waals surface area (Å²) in [7, 11) is 0. The van der Waals surface area contributed by atoms with E-state index in [1.165, 1.54) is 0 Å². The highest BCUT2D eigenvalue weighted by atomic mass is 16.4. The summed E-state index contributed by atoms with van der Waals surface area (Å²) in [5, 5.41) is 43.8. The van der Waals surface area contributed by atoms with Gasteiger partial charge < -0.3 is 26.2 Å². The second-order valence-corrected chi connectivity index (χ2v) is 3.27.